The first-order chi connectivity index (χ1) is 12.3. The van der Waals surface area contributed by atoms with Gasteiger partial charge in [0, 0.05) is 0 Å². The first-order valence-electron chi connectivity index (χ1n) is 9.53. The second kappa shape index (κ2) is 7.76. The van der Waals surface area contributed by atoms with Crippen molar-refractivity contribution in [1.29, 1.82) is 0 Å². The zero-order chi connectivity index (χ0) is 18.9. The molecule has 0 spiro atoms. The fourth-order valence-corrected chi connectivity index (χ4v) is 6.78. The van der Waals surface area contributed by atoms with Crippen LogP contribution in [0.3, 0.4) is 0 Å². The molecule has 2 aliphatic carbocycles. The summed E-state index contributed by atoms with van der Waals surface area (Å²) < 4.78 is 30.4. The highest BCUT2D eigenvalue weighted by Gasteiger charge is 2.50. The van der Waals surface area contributed by atoms with E-state index in [2.05, 4.69) is 34.8 Å². The van der Waals surface area contributed by atoms with E-state index in [1.807, 2.05) is 6.92 Å². The van der Waals surface area contributed by atoms with Gasteiger partial charge < -0.3 is 0 Å². The molecule has 0 unspecified atom stereocenters. The maximum atomic E-state index is 12.5. The third-order valence-electron chi connectivity index (χ3n) is 6.66. The first kappa shape index (κ1) is 20.1. The Morgan fingerprint density at radius 2 is 2.00 bits per heavy atom. The third kappa shape index (κ3) is 3.81. The van der Waals surface area contributed by atoms with Crippen LogP contribution in [0.1, 0.15) is 51.5 Å². The summed E-state index contributed by atoms with van der Waals surface area (Å²) in [5.41, 5.74) is 2.82. The second-order valence-corrected chi connectivity index (χ2v) is 10.4. The van der Waals surface area contributed by atoms with Crippen LogP contribution in [-0.4, -0.2) is 15.0 Å². The standard InChI is InChI=1S/C21H29BrO3S/c1-15-6-8-18(9-7-15)26(23,24)25-14-16(2)19-10-11-20-17(13-22)5-4-12-21(19,20)3/h6-9,13,16,19-20H,4-5,10-12,14H2,1-3H3/b17-13-/t16-,19-,20+,21-/m1/s1. The van der Waals surface area contributed by atoms with Crippen LogP contribution in [0, 0.1) is 30.1 Å². The molecule has 0 N–H and O–H groups in total. The van der Waals surface area contributed by atoms with Gasteiger partial charge in [0.1, 0.15) is 0 Å². The molecule has 3 nitrogen and oxygen atoms in total. The zero-order valence-electron chi connectivity index (χ0n) is 15.9. The Kier molecular flexibility index (Phi) is 6.00. The van der Waals surface area contributed by atoms with Crippen LogP contribution < -0.4 is 0 Å². The molecule has 0 bridgehead atoms. The van der Waals surface area contributed by atoms with Crippen LogP contribution in [0.5, 0.6) is 0 Å². The van der Waals surface area contributed by atoms with Crippen molar-refractivity contribution in [3.63, 3.8) is 0 Å². The Balaban J connectivity index is 1.68. The summed E-state index contributed by atoms with van der Waals surface area (Å²) in [6.45, 7) is 6.75. The molecule has 0 saturated heterocycles. The first-order valence-corrected chi connectivity index (χ1v) is 11.9. The van der Waals surface area contributed by atoms with Crippen molar-refractivity contribution in [3.8, 4) is 0 Å². The van der Waals surface area contributed by atoms with Crippen LogP contribution in [0.25, 0.3) is 0 Å². The molecule has 0 heterocycles. The van der Waals surface area contributed by atoms with Gasteiger partial charge in [-0.1, -0.05) is 53.0 Å². The molecule has 1 aromatic carbocycles. The van der Waals surface area contributed by atoms with Crippen LogP contribution in [0.2, 0.25) is 0 Å². The topological polar surface area (TPSA) is 43.4 Å². The fraction of sp³-hybridized carbons (Fsp3) is 0.619. The molecule has 0 aliphatic heterocycles. The molecule has 0 amide bonds. The summed E-state index contributed by atoms with van der Waals surface area (Å²) in [7, 11) is -3.69. The summed E-state index contributed by atoms with van der Waals surface area (Å²) >= 11 is 3.55. The molecule has 0 aromatic heterocycles. The van der Waals surface area contributed by atoms with Crippen LogP contribution in [0.4, 0.5) is 0 Å². The third-order valence-corrected chi connectivity index (χ3v) is 8.54. The molecule has 26 heavy (non-hydrogen) atoms. The molecule has 4 atom stereocenters. The van der Waals surface area contributed by atoms with Gasteiger partial charge in [0.25, 0.3) is 10.1 Å². The highest BCUT2D eigenvalue weighted by Crippen LogP contribution is 2.59. The molecule has 144 valence electrons. The molecule has 3 rings (SSSR count). The molecular formula is C21H29BrO3S. The Labute approximate surface area is 166 Å². The molecule has 5 heteroatoms. The fourth-order valence-electron chi connectivity index (χ4n) is 5.23. The van der Waals surface area contributed by atoms with Gasteiger partial charge in [-0.25, -0.2) is 0 Å². The van der Waals surface area contributed by atoms with Gasteiger partial charge in [0.2, 0.25) is 0 Å². The predicted octanol–water partition coefficient (Wildman–Crippen LogP) is 5.83. The van der Waals surface area contributed by atoms with Crippen molar-refractivity contribution in [2.24, 2.45) is 23.2 Å². The monoisotopic (exact) mass is 440 g/mol. The zero-order valence-corrected chi connectivity index (χ0v) is 18.3. The van der Waals surface area contributed by atoms with Gasteiger partial charge in [-0.3, -0.25) is 4.18 Å². The van der Waals surface area contributed by atoms with E-state index in [0.29, 0.717) is 11.8 Å². The summed E-state index contributed by atoms with van der Waals surface area (Å²) in [6, 6.07) is 6.85. The van der Waals surface area contributed by atoms with Crippen molar-refractivity contribution in [3.05, 3.63) is 40.4 Å². The lowest BCUT2D eigenvalue weighted by molar-refractivity contribution is 0.0762. The van der Waals surface area contributed by atoms with Crippen LogP contribution >= 0.6 is 15.9 Å². The van der Waals surface area contributed by atoms with Gasteiger partial charge in [-0.05, 0) is 79.3 Å². The SMILES string of the molecule is Cc1ccc(S(=O)(=O)OC[C@@H](C)[C@H]2CC[C@H]3/C(=C\Br)CCC[C@]23C)cc1. The van der Waals surface area contributed by atoms with E-state index in [1.165, 1.54) is 31.3 Å². The number of aryl methyl sites for hydroxylation is 1. The average Bonchev–Trinajstić information content (AvgIpc) is 2.97. The van der Waals surface area contributed by atoms with Crippen molar-refractivity contribution >= 4 is 26.0 Å². The largest absolute Gasteiger partial charge is 0.296 e. The Morgan fingerprint density at radius 3 is 2.65 bits per heavy atom. The summed E-state index contributed by atoms with van der Waals surface area (Å²) in [6.07, 6.45) is 5.98. The number of halogens is 1. The van der Waals surface area contributed by atoms with Crippen molar-refractivity contribution in [2.75, 3.05) is 6.61 Å². The van der Waals surface area contributed by atoms with E-state index in [9.17, 15) is 8.42 Å². The Bertz CT molecular complexity index is 769. The molecule has 1 aromatic rings. The lowest BCUT2D eigenvalue weighted by Crippen LogP contribution is -2.37. The number of hydrogen-bond acceptors (Lipinski definition) is 3. The van der Waals surface area contributed by atoms with E-state index in [0.717, 1.165) is 12.0 Å². The van der Waals surface area contributed by atoms with Crippen molar-refractivity contribution < 1.29 is 12.6 Å². The number of benzene rings is 1. The number of hydrogen-bond donors (Lipinski definition) is 0. The quantitative estimate of drug-likeness (QED) is 0.540. The Morgan fingerprint density at radius 1 is 1.31 bits per heavy atom. The molecule has 0 radical (unpaired) electrons. The van der Waals surface area contributed by atoms with E-state index >= 15 is 0 Å². The predicted molar refractivity (Wildman–Crippen MR) is 109 cm³/mol. The van der Waals surface area contributed by atoms with Gasteiger partial charge in [-0.15, -0.1) is 0 Å². The van der Waals surface area contributed by atoms with Crippen LogP contribution in [0.15, 0.2) is 39.7 Å². The van der Waals surface area contributed by atoms with E-state index in [-0.39, 0.29) is 22.8 Å². The lowest BCUT2D eigenvalue weighted by Gasteiger charge is -2.44. The number of rotatable bonds is 5. The molecule has 2 aliphatic rings. The summed E-state index contributed by atoms with van der Waals surface area (Å²) in [5.74, 6) is 1.35. The minimum atomic E-state index is -3.69. The molecular weight excluding hydrogens is 412 g/mol. The average molecular weight is 441 g/mol. The van der Waals surface area contributed by atoms with E-state index in [4.69, 9.17) is 4.18 Å². The minimum absolute atomic E-state index is 0.222. The van der Waals surface area contributed by atoms with Gasteiger partial charge in [0.15, 0.2) is 0 Å². The smallest absolute Gasteiger partial charge is 0.266 e. The van der Waals surface area contributed by atoms with Crippen molar-refractivity contribution in [1.82, 2.24) is 0 Å². The number of fused-ring (bicyclic) bond motifs is 1. The van der Waals surface area contributed by atoms with Crippen molar-refractivity contribution in [2.45, 2.75) is 57.8 Å². The van der Waals surface area contributed by atoms with Gasteiger partial charge >= 0.3 is 0 Å². The second-order valence-electron chi connectivity index (χ2n) is 8.31. The van der Waals surface area contributed by atoms with E-state index in [1.54, 1.807) is 24.3 Å². The number of allylic oxidation sites excluding steroid dienone is 1. The molecule has 2 saturated carbocycles. The summed E-state index contributed by atoms with van der Waals surface area (Å²) in [4.78, 5) is 2.37. The highest BCUT2D eigenvalue weighted by atomic mass is 79.9. The van der Waals surface area contributed by atoms with Gasteiger partial charge in [-0.2, -0.15) is 8.42 Å². The Hall–Kier alpha value is -0.650. The minimum Gasteiger partial charge on any atom is -0.266 e. The maximum Gasteiger partial charge on any atom is 0.296 e. The summed E-state index contributed by atoms with van der Waals surface area (Å²) in [5, 5.41) is 0. The molecule has 2 fully saturated rings. The highest BCUT2D eigenvalue weighted by molar-refractivity contribution is 9.11. The van der Waals surface area contributed by atoms with Crippen LogP contribution in [-0.2, 0) is 14.3 Å². The van der Waals surface area contributed by atoms with E-state index < -0.39 is 10.1 Å². The van der Waals surface area contributed by atoms with Gasteiger partial charge in [0.05, 0.1) is 11.5 Å². The maximum absolute atomic E-state index is 12.5. The lowest BCUT2D eigenvalue weighted by atomic mass is 9.61. The normalized spacial score (nSPS) is 31.8.